The number of nitrogens with two attached hydrogens (primary N) is 1. The molecular weight excluding hydrogens is 280 g/mol. The maximum absolute atomic E-state index is 11.3. The van der Waals surface area contributed by atoms with Gasteiger partial charge in [0, 0.05) is 24.1 Å². The minimum atomic E-state index is -0.283. The normalized spacial score (nSPS) is 9.86. The standard InChI is InChI=1S/C16H14N4O2/c1-9(21)11-3-5-12(6-4-11)16-13(8-17)14(18)7-15(20-16)19-10(2)22/h3-7H,1-2H3,(H3,18,19,20,22). The summed E-state index contributed by atoms with van der Waals surface area (Å²) >= 11 is 0. The van der Waals surface area contributed by atoms with Crippen LogP contribution in [0.1, 0.15) is 29.8 Å². The van der Waals surface area contributed by atoms with Gasteiger partial charge >= 0.3 is 0 Å². The second-order valence-corrected chi connectivity index (χ2v) is 4.75. The first kappa shape index (κ1) is 15.2. The highest BCUT2D eigenvalue weighted by atomic mass is 16.1. The van der Waals surface area contributed by atoms with Crippen molar-refractivity contribution in [2.75, 3.05) is 11.1 Å². The van der Waals surface area contributed by atoms with Crippen LogP contribution in [0.15, 0.2) is 30.3 Å². The number of pyridine rings is 1. The van der Waals surface area contributed by atoms with E-state index in [1.807, 2.05) is 6.07 Å². The molecule has 1 heterocycles. The summed E-state index contributed by atoms with van der Waals surface area (Å²) in [6.45, 7) is 2.83. The smallest absolute Gasteiger partial charge is 0.222 e. The fourth-order valence-electron chi connectivity index (χ4n) is 2.00. The molecule has 0 unspecified atom stereocenters. The molecule has 0 aliphatic rings. The van der Waals surface area contributed by atoms with Gasteiger partial charge in [-0.15, -0.1) is 0 Å². The van der Waals surface area contributed by atoms with E-state index in [2.05, 4.69) is 10.3 Å². The fraction of sp³-hybridized carbons (Fsp3) is 0.125. The van der Waals surface area contributed by atoms with Gasteiger partial charge in [-0.3, -0.25) is 9.59 Å². The number of hydrogen-bond acceptors (Lipinski definition) is 5. The van der Waals surface area contributed by atoms with E-state index in [0.29, 0.717) is 16.8 Å². The number of ketones is 1. The number of Topliss-reactive ketones (excluding diaryl/α,β-unsaturated/α-hetero) is 1. The van der Waals surface area contributed by atoms with Crippen molar-refractivity contribution < 1.29 is 9.59 Å². The van der Waals surface area contributed by atoms with E-state index in [1.54, 1.807) is 24.3 Å². The Morgan fingerprint density at radius 2 is 1.86 bits per heavy atom. The molecule has 1 amide bonds. The van der Waals surface area contributed by atoms with Gasteiger partial charge in [0.1, 0.15) is 17.5 Å². The van der Waals surface area contributed by atoms with Crippen molar-refractivity contribution in [3.63, 3.8) is 0 Å². The third-order valence-corrected chi connectivity index (χ3v) is 3.03. The van der Waals surface area contributed by atoms with Crippen LogP contribution in [0.4, 0.5) is 11.5 Å². The van der Waals surface area contributed by atoms with Gasteiger partial charge in [0.25, 0.3) is 0 Å². The second-order valence-electron chi connectivity index (χ2n) is 4.75. The first-order valence-electron chi connectivity index (χ1n) is 6.52. The largest absolute Gasteiger partial charge is 0.397 e. The third-order valence-electron chi connectivity index (χ3n) is 3.03. The molecule has 0 saturated carbocycles. The molecule has 0 bridgehead atoms. The Bertz CT molecular complexity index is 789. The van der Waals surface area contributed by atoms with Crippen molar-refractivity contribution in [1.82, 2.24) is 4.98 Å². The highest BCUT2D eigenvalue weighted by Crippen LogP contribution is 2.28. The van der Waals surface area contributed by atoms with Gasteiger partial charge in [0.15, 0.2) is 5.78 Å². The summed E-state index contributed by atoms with van der Waals surface area (Å²) in [7, 11) is 0. The molecule has 0 radical (unpaired) electrons. The minimum Gasteiger partial charge on any atom is -0.397 e. The van der Waals surface area contributed by atoms with Gasteiger partial charge in [-0.1, -0.05) is 24.3 Å². The molecule has 1 aromatic heterocycles. The molecule has 0 aliphatic carbocycles. The lowest BCUT2D eigenvalue weighted by molar-refractivity contribution is -0.114. The van der Waals surface area contributed by atoms with E-state index in [-0.39, 0.29) is 28.8 Å². The number of carbonyl (C=O) groups is 2. The number of amides is 1. The quantitative estimate of drug-likeness (QED) is 0.844. The Hall–Kier alpha value is -3.20. The molecule has 0 spiro atoms. The first-order chi connectivity index (χ1) is 10.4. The zero-order chi connectivity index (χ0) is 16.3. The van der Waals surface area contributed by atoms with Gasteiger partial charge in [0.05, 0.1) is 11.4 Å². The molecule has 0 fully saturated rings. The molecule has 2 rings (SSSR count). The van der Waals surface area contributed by atoms with Crippen LogP contribution in [0, 0.1) is 11.3 Å². The predicted molar refractivity (Wildman–Crippen MR) is 83.1 cm³/mol. The number of anilines is 2. The number of aromatic nitrogens is 1. The Kier molecular flexibility index (Phi) is 4.18. The van der Waals surface area contributed by atoms with Crippen LogP contribution in [0.2, 0.25) is 0 Å². The molecule has 2 aromatic rings. The highest BCUT2D eigenvalue weighted by molar-refractivity contribution is 5.94. The lowest BCUT2D eigenvalue weighted by Gasteiger charge is -2.10. The average molecular weight is 294 g/mol. The van der Waals surface area contributed by atoms with Gasteiger partial charge in [-0.25, -0.2) is 4.98 Å². The molecule has 22 heavy (non-hydrogen) atoms. The summed E-state index contributed by atoms with van der Waals surface area (Å²) in [6, 6.07) is 10.1. The van der Waals surface area contributed by atoms with Crippen molar-refractivity contribution in [3.05, 3.63) is 41.5 Å². The number of nitriles is 1. The van der Waals surface area contributed by atoms with Gasteiger partial charge in [-0.2, -0.15) is 5.26 Å². The first-order valence-corrected chi connectivity index (χ1v) is 6.52. The summed E-state index contributed by atoms with van der Waals surface area (Å²) in [4.78, 5) is 26.7. The lowest BCUT2D eigenvalue weighted by Crippen LogP contribution is -2.09. The molecule has 6 nitrogen and oxygen atoms in total. The maximum Gasteiger partial charge on any atom is 0.222 e. The monoisotopic (exact) mass is 294 g/mol. The molecule has 3 N–H and O–H groups in total. The number of hydrogen-bond donors (Lipinski definition) is 2. The summed E-state index contributed by atoms with van der Waals surface area (Å²) in [5.74, 6) is -0.0596. The van der Waals surface area contributed by atoms with Crippen LogP contribution >= 0.6 is 0 Å². The van der Waals surface area contributed by atoms with E-state index in [1.165, 1.54) is 19.9 Å². The maximum atomic E-state index is 11.3. The second kappa shape index (κ2) is 6.06. The van der Waals surface area contributed by atoms with Crippen molar-refractivity contribution in [2.45, 2.75) is 13.8 Å². The third kappa shape index (κ3) is 3.10. The molecule has 6 heteroatoms. The van der Waals surface area contributed by atoms with Crippen LogP contribution in [-0.2, 0) is 4.79 Å². The van der Waals surface area contributed by atoms with Crippen molar-refractivity contribution in [1.29, 1.82) is 5.26 Å². The molecule has 1 aromatic carbocycles. The molecule has 0 aliphatic heterocycles. The Balaban J connectivity index is 2.57. The van der Waals surface area contributed by atoms with Crippen molar-refractivity contribution in [2.24, 2.45) is 0 Å². The van der Waals surface area contributed by atoms with E-state index in [4.69, 9.17) is 5.73 Å². The zero-order valence-electron chi connectivity index (χ0n) is 12.2. The summed E-state index contributed by atoms with van der Waals surface area (Å²) in [5.41, 5.74) is 7.88. The van der Waals surface area contributed by atoms with Gasteiger partial charge in [-0.05, 0) is 6.92 Å². The topological polar surface area (TPSA) is 109 Å². The van der Waals surface area contributed by atoms with Crippen LogP contribution in [0.25, 0.3) is 11.3 Å². The molecule has 110 valence electrons. The van der Waals surface area contributed by atoms with Crippen molar-refractivity contribution in [3.8, 4) is 17.3 Å². The van der Waals surface area contributed by atoms with Crippen LogP contribution in [-0.4, -0.2) is 16.7 Å². The number of nitrogen functional groups attached to an aromatic ring is 1. The SMILES string of the molecule is CC(=O)Nc1cc(N)c(C#N)c(-c2ccc(C(C)=O)cc2)n1. The Morgan fingerprint density at radius 3 is 2.36 bits per heavy atom. The van der Waals surface area contributed by atoms with Crippen molar-refractivity contribution >= 4 is 23.2 Å². The number of benzene rings is 1. The van der Waals surface area contributed by atoms with Crippen LogP contribution in [0.3, 0.4) is 0 Å². The number of nitrogens with one attached hydrogen (secondary N) is 1. The molecular formula is C16H14N4O2. The zero-order valence-corrected chi connectivity index (χ0v) is 12.2. The fourth-order valence-corrected chi connectivity index (χ4v) is 2.00. The average Bonchev–Trinajstić information content (AvgIpc) is 2.46. The molecule has 0 saturated heterocycles. The summed E-state index contributed by atoms with van der Waals surface area (Å²) in [6.07, 6.45) is 0. The lowest BCUT2D eigenvalue weighted by atomic mass is 10.0. The van der Waals surface area contributed by atoms with Crippen LogP contribution < -0.4 is 11.1 Å². The van der Waals surface area contributed by atoms with E-state index >= 15 is 0 Å². The highest BCUT2D eigenvalue weighted by Gasteiger charge is 2.13. The number of nitrogens with zero attached hydrogens (tertiary/aromatic N) is 2. The van der Waals surface area contributed by atoms with Gasteiger partial charge in [0.2, 0.25) is 5.91 Å². The summed E-state index contributed by atoms with van der Waals surface area (Å²) in [5, 5.41) is 11.8. The summed E-state index contributed by atoms with van der Waals surface area (Å²) < 4.78 is 0. The van der Waals surface area contributed by atoms with E-state index < -0.39 is 0 Å². The number of carbonyl (C=O) groups excluding carboxylic acids is 2. The van der Waals surface area contributed by atoms with Crippen LogP contribution in [0.5, 0.6) is 0 Å². The Labute approximate surface area is 127 Å². The Morgan fingerprint density at radius 1 is 1.23 bits per heavy atom. The van der Waals surface area contributed by atoms with E-state index in [0.717, 1.165) is 0 Å². The van der Waals surface area contributed by atoms with Gasteiger partial charge < -0.3 is 11.1 Å². The molecule has 0 atom stereocenters. The van der Waals surface area contributed by atoms with E-state index in [9.17, 15) is 14.9 Å². The minimum absolute atomic E-state index is 0.0495. The number of rotatable bonds is 3. The predicted octanol–water partition coefficient (Wildman–Crippen LogP) is 2.36.